The summed E-state index contributed by atoms with van der Waals surface area (Å²) in [5.41, 5.74) is 9.82. The Labute approximate surface area is 125 Å². The summed E-state index contributed by atoms with van der Waals surface area (Å²) in [6.45, 7) is 1.94. The van der Waals surface area contributed by atoms with E-state index in [9.17, 15) is 0 Å². The lowest BCUT2D eigenvalue weighted by Gasteiger charge is -1.97. The summed E-state index contributed by atoms with van der Waals surface area (Å²) in [4.78, 5) is 4.40. The van der Waals surface area contributed by atoms with Crippen LogP contribution in [0.1, 0.15) is 11.3 Å². The largest absolute Gasteiger partial charge is 0.431 e. The van der Waals surface area contributed by atoms with Crippen LogP contribution in [0.15, 0.2) is 27.8 Å². The molecule has 0 fully saturated rings. The van der Waals surface area contributed by atoms with Crippen molar-refractivity contribution in [3.8, 4) is 0 Å². The van der Waals surface area contributed by atoms with Gasteiger partial charge in [0.2, 0.25) is 0 Å². The van der Waals surface area contributed by atoms with E-state index in [1.807, 2.05) is 20.0 Å². The average Bonchev–Trinajstić information content (AvgIpc) is 2.89. The highest BCUT2D eigenvalue weighted by Gasteiger charge is 2.13. The molecule has 0 aliphatic heterocycles. The Morgan fingerprint density at radius 1 is 1.45 bits per heavy atom. The lowest BCUT2D eigenvalue weighted by Crippen LogP contribution is -1.89. The van der Waals surface area contributed by atoms with E-state index in [0.717, 1.165) is 22.4 Å². The number of fused-ring (bicyclic) bond motifs is 1. The zero-order valence-corrected chi connectivity index (χ0v) is 12.6. The fourth-order valence-corrected chi connectivity index (χ4v) is 3.20. The van der Waals surface area contributed by atoms with Crippen LogP contribution in [0.5, 0.6) is 0 Å². The van der Waals surface area contributed by atoms with E-state index in [1.54, 1.807) is 16.8 Å². The van der Waals surface area contributed by atoms with Gasteiger partial charge in [0, 0.05) is 24.1 Å². The molecule has 0 bridgehead atoms. The van der Waals surface area contributed by atoms with Crippen molar-refractivity contribution in [2.75, 3.05) is 5.73 Å². The van der Waals surface area contributed by atoms with Gasteiger partial charge in [-0.3, -0.25) is 4.68 Å². The van der Waals surface area contributed by atoms with Crippen molar-refractivity contribution >= 4 is 40.1 Å². The number of aromatic nitrogens is 3. The first-order valence-electron chi connectivity index (χ1n) is 6.01. The number of hydrogen-bond acceptors (Lipinski definition) is 5. The summed E-state index contributed by atoms with van der Waals surface area (Å²) in [5.74, 6) is 0.667. The van der Waals surface area contributed by atoms with E-state index < -0.39 is 0 Å². The minimum atomic E-state index is 0.602. The van der Waals surface area contributed by atoms with Gasteiger partial charge in [-0.15, -0.1) is 0 Å². The molecule has 20 heavy (non-hydrogen) atoms. The van der Waals surface area contributed by atoms with Crippen molar-refractivity contribution in [2.45, 2.75) is 17.9 Å². The van der Waals surface area contributed by atoms with E-state index >= 15 is 0 Å². The van der Waals surface area contributed by atoms with Crippen LogP contribution < -0.4 is 5.73 Å². The number of anilines is 1. The molecular formula is C13H13ClN4OS. The molecule has 0 atom stereocenters. The number of rotatable bonds is 3. The number of aryl methyl sites for hydroxylation is 2. The first kappa shape index (κ1) is 13.3. The minimum absolute atomic E-state index is 0.602. The molecule has 5 nitrogen and oxygen atoms in total. The number of nitrogens with two attached hydrogens (primary N) is 1. The highest BCUT2D eigenvalue weighted by Crippen LogP contribution is 2.30. The van der Waals surface area contributed by atoms with E-state index in [0.29, 0.717) is 21.8 Å². The van der Waals surface area contributed by atoms with Crippen molar-refractivity contribution in [3.63, 3.8) is 0 Å². The van der Waals surface area contributed by atoms with Gasteiger partial charge in [-0.05, 0) is 25.1 Å². The zero-order chi connectivity index (χ0) is 14.3. The number of nitrogens with zero attached hydrogens (tertiary/aromatic N) is 3. The summed E-state index contributed by atoms with van der Waals surface area (Å²) in [7, 11) is 1.83. The van der Waals surface area contributed by atoms with Gasteiger partial charge >= 0.3 is 0 Å². The maximum absolute atomic E-state index is 6.20. The molecule has 0 unspecified atom stereocenters. The minimum Gasteiger partial charge on any atom is -0.431 e. The average molecular weight is 309 g/mol. The molecule has 2 N–H and O–H groups in total. The second-order valence-corrected chi connectivity index (χ2v) is 5.76. The first-order chi connectivity index (χ1) is 9.54. The molecule has 0 saturated carbocycles. The van der Waals surface area contributed by atoms with Gasteiger partial charge in [-0.25, -0.2) is 4.98 Å². The summed E-state index contributed by atoms with van der Waals surface area (Å²) >= 11 is 7.69. The van der Waals surface area contributed by atoms with Crippen molar-refractivity contribution in [1.29, 1.82) is 0 Å². The van der Waals surface area contributed by atoms with Gasteiger partial charge in [0.25, 0.3) is 5.22 Å². The molecular weight excluding hydrogens is 296 g/mol. The molecule has 0 aliphatic carbocycles. The van der Waals surface area contributed by atoms with Crippen LogP contribution in [-0.4, -0.2) is 14.8 Å². The van der Waals surface area contributed by atoms with Gasteiger partial charge in [-0.1, -0.05) is 23.4 Å². The number of thioether (sulfide) groups is 1. The third-order valence-corrected chi connectivity index (χ3v) is 4.33. The number of nitrogen functional groups attached to an aromatic ring is 1. The maximum Gasteiger partial charge on any atom is 0.257 e. The molecule has 2 aromatic heterocycles. The third-order valence-electron chi connectivity index (χ3n) is 3.00. The fraction of sp³-hybridized carbons (Fsp3) is 0.231. The Bertz CT molecular complexity index is 780. The second kappa shape index (κ2) is 5.03. The fourth-order valence-electron chi connectivity index (χ4n) is 1.96. The monoisotopic (exact) mass is 308 g/mol. The standard InChI is InChI=1S/C13H13ClN4OS/c1-7-9(12(14)18(2)17-7)6-20-13-16-10-5-8(15)3-4-11(10)19-13/h3-5H,6,15H2,1-2H3. The van der Waals surface area contributed by atoms with E-state index in [-0.39, 0.29) is 0 Å². The lowest BCUT2D eigenvalue weighted by atomic mass is 10.3. The topological polar surface area (TPSA) is 69.9 Å². The number of hydrogen-bond donors (Lipinski definition) is 1. The van der Waals surface area contributed by atoms with Crippen LogP contribution >= 0.6 is 23.4 Å². The Morgan fingerprint density at radius 3 is 2.95 bits per heavy atom. The summed E-state index contributed by atoms with van der Waals surface area (Å²) in [6.07, 6.45) is 0. The van der Waals surface area contributed by atoms with Gasteiger partial charge in [0.15, 0.2) is 5.58 Å². The molecule has 7 heteroatoms. The smallest absolute Gasteiger partial charge is 0.257 e. The molecule has 0 saturated heterocycles. The van der Waals surface area contributed by atoms with Gasteiger partial charge in [-0.2, -0.15) is 5.10 Å². The number of halogens is 1. The van der Waals surface area contributed by atoms with Crippen molar-refractivity contribution < 1.29 is 4.42 Å². The Balaban J connectivity index is 1.83. The van der Waals surface area contributed by atoms with Crippen LogP contribution in [0.2, 0.25) is 5.15 Å². The van der Waals surface area contributed by atoms with Crippen LogP contribution in [-0.2, 0) is 12.8 Å². The van der Waals surface area contributed by atoms with Crippen molar-refractivity contribution in [1.82, 2.24) is 14.8 Å². The zero-order valence-electron chi connectivity index (χ0n) is 11.1. The highest BCUT2D eigenvalue weighted by atomic mass is 35.5. The van der Waals surface area contributed by atoms with Crippen LogP contribution in [0.3, 0.4) is 0 Å². The Morgan fingerprint density at radius 2 is 2.25 bits per heavy atom. The van der Waals surface area contributed by atoms with E-state index in [1.165, 1.54) is 11.8 Å². The summed E-state index contributed by atoms with van der Waals surface area (Å²) in [5, 5.41) is 5.53. The third kappa shape index (κ3) is 2.36. The van der Waals surface area contributed by atoms with Gasteiger partial charge in [0.05, 0.1) is 5.69 Å². The van der Waals surface area contributed by atoms with E-state index in [2.05, 4.69) is 10.1 Å². The number of oxazole rings is 1. The molecule has 0 spiro atoms. The molecule has 1 aromatic carbocycles. The van der Waals surface area contributed by atoms with Gasteiger partial charge < -0.3 is 10.2 Å². The van der Waals surface area contributed by atoms with Crippen LogP contribution in [0.4, 0.5) is 5.69 Å². The molecule has 0 radical (unpaired) electrons. The Hall–Kier alpha value is -1.66. The van der Waals surface area contributed by atoms with E-state index in [4.69, 9.17) is 21.8 Å². The highest BCUT2D eigenvalue weighted by molar-refractivity contribution is 7.98. The van der Waals surface area contributed by atoms with Crippen molar-refractivity contribution in [2.24, 2.45) is 7.05 Å². The van der Waals surface area contributed by atoms with Crippen LogP contribution in [0, 0.1) is 6.92 Å². The van der Waals surface area contributed by atoms with Crippen LogP contribution in [0.25, 0.3) is 11.1 Å². The quantitative estimate of drug-likeness (QED) is 0.593. The molecule has 0 amide bonds. The normalized spacial score (nSPS) is 11.3. The first-order valence-corrected chi connectivity index (χ1v) is 7.38. The predicted molar refractivity (Wildman–Crippen MR) is 80.9 cm³/mol. The summed E-state index contributed by atoms with van der Waals surface area (Å²) in [6, 6.07) is 5.42. The Kier molecular flexibility index (Phi) is 3.35. The molecule has 0 aliphatic rings. The molecule has 2 heterocycles. The second-order valence-electron chi connectivity index (χ2n) is 4.47. The van der Waals surface area contributed by atoms with Gasteiger partial charge in [0.1, 0.15) is 10.7 Å². The lowest BCUT2D eigenvalue weighted by molar-refractivity contribution is 0.489. The molecule has 104 valence electrons. The molecule has 3 aromatic rings. The van der Waals surface area contributed by atoms with Crippen molar-refractivity contribution in [3.05, 3.63) is 34.6 Å². The molecule has 3 rings (SSSR count). The maximum atomic E-state index is 6.20. The number of benzene rings is 1. The predicted octanol–water partition coefficient (Wildman–Crippen LogP) is 3.40. The SMILES string of the molecule is Cc1nn(C)c(Cl)c1CSc1nc2cc(N)ccc2o1. The summed E-state index contributed by atoms with van der Waals surface area (Å²) < 4.78 is 7.32.